The van der Waals surface area contributed by atoms with Crippen molar-refractivity contribution in [2.75, 3.05) is 13.1 Å². The highest BCUT2D eigenvalue weighted by atomic mass is 19.4. The van der Waals surface area contributed by atoms with Gasteiger partial charge in [-0.1, -0.05) is 6.42 Å². The zero-order valence-corrected chi connectivity index (χ0v) is 10.0. The van der Waals surface area contributed by atoms with Crippen LogP contribution in [0.15, 0.2) is 0 Å². The molecule has 2 N–H and O–H groups in total. The normalized spacial score (nSPS) is 34.4. The second kappa shape index (κ2) is 5.57. The van der Waals surface area contributed by atoms with E-state index in [1.54, 1.807) is 0 Å². The summed E-state index contributed by atoms with van der Waals surface area (Å²) in [5.41, 5.74) is 0. The Hall–Kier alpha value is -0.290. The van der Waals surface area contributed by atoms with Crippen LogP contribution in [0.1, 0.15) is 38.5 Å². The number of halogens is 3. The molecule has 2 rings (SSSR count). The van der Waals surface area contributed by atoms with E-state index in [-0.39, 0.29) is 12.6 Å². The number of hydrogen-bond donors (Lipinski definition) is 2. The quantitative estimate of drug-likeness (QED) is 0.801. The van der Waals surface area contributed by atoms with Crippen molar-refractivity contribution in [1.29, 1.82) is 0 Å². The summed E-state index contributed by atoms with van der Waals surface area (Å²) in [6.45, 7) is 1.13. The minimum absolute atomic E-state index is 0.0669. The van der Waals surface area contributed by atoms with Gasteiger partial charge in [-0.3, -0.25) is 0 Å². The Bertz CT molecular complexity index is 236. The van der Waals surface area contributed by atoms with Gasteiger partial charge in [-0.25, -0.2) is 0 Å². The average molecular weight is 250 g/mol. The highest BCUT2D eigenvalue weighted by molar-refractivity contribution is 4.93. The topological polar surface area (TPSA) is 24.1 Å². The fraction of sp³-hybridized carbons (Fsp3) is 1.00. The number of nitrogens with one attached hydrogen (secondary N) is 2. The summed E-state index contributed by atoms with van der Waals surface area (Å²) in [6, 6.07) is 0.814. The zero-order valence-electron chi connectivity index (χ0n) is 10.0. The van der Waals surface area contributed by atoms with Crippen molar-refractivity contribution in [3.63, 3.8) is 0 Å². The average Bonchev–Trinajstić information content (AvgIpc) is 2.82. The van der Waals surface area contributed by atoms with Crippen molar-refractivity contribution >= 4 is 0 Å². The van der Waals surface area contributed by atoms with Crippen molar-refractivity contribution in [1.82, 2.24) is 10.6 Å². The fourth-order valence-corrected chi connectivity index (χ4v) is 3.20. The number of rotatable bonds is 4. The van der Waals surface area contributed by atoms with Crippen LogP contribution in [0.3, 0.4) is 0 Å². The standard InChI is InChI=1S/C12H21F3N2/c13-12(14,15)6-8-17-10-4-1-3-9(10)11-5-2-7-16-11/h9-11,16-17H,1-8H2. The molecule has 1 heterocycles. The molecule has 1 saturated heterocycles. The smallest absolute Gasteiger partial charge is 0.314 e. The van der Waals surface area contributed by atoms with Crippen molar-refractivity contribution in [2.45, 2.75) is 56.8 Å². The van der Waals surface area contributed by atoms with Gasteiger partial charge in [0.05, 0.1) is 6.42 Å². The van der Waals surface area contributed by atoms with Crippen molar-refractivity contribution in [3.05, 3.63) is 0 Å². The Balaban J connectivity index is 1.75. The predicted octanol–water partition coefficient (Wildman–Crippen LogP) is 2.45. The van der Waals surface area contributed by atoms with E-state index < -0.39 is 12.6 Å². The molecular weight excluding hydrogens is 229 g/mol. The predicted molar refractivity (Wildman–Crippen MR) is 60.8 cm³/mol. The first-order valence-corrected chi connectivity index (χ1v) is 6.60. The van der Waals surface area contributed by atoms with E-state index in [0.717, 1.165) is 25.8 Å². The Labute approximate surface area is 100 Å². The fourth-order valence-electron chi connectivity index (χ4n) is 3.20. The molecule has 0 radical (unpaired) electrons. The molecule has 3 atom stereocenters. The molecule has 0 spiro atoms. The third kappa shape index (κ3) is 3.85. The van der Waals surface area contributed by atoms with E-state index in [1.165, 1.54) is 12.8 Å². The molecule has 2 fully saturated rings. The van der Waals surface area contributed by atoms with Gasteiger partial charge in [0, 0.05) is 18.6 Å². The van der Waals surface area contributed by atoms with Crippen LogP contribution in [0.4, 0.5) is 13.2 Å². The third-order valence-corrected chi connectivity index (χ3v) is 4.00. The second-order valence-corrected chi connectivity index (χ2v) is 5.22. The molecule has 0 aromatic rings. The van der Waals surface area contributed by atoms with Gasteiger partial charge in [0.1, 0.15) is 0 Å². The lowest BCUT2D eigenvalue weighted by Crippen LogP contribution is -2.43. The van der Waals surface area contributed by atoms with Crippen LogP contribution >= 0.6 is 0 Å². The van der Waals surface area contributed by atoms with Crippen LogP contribution in [0.2, 0.25) is 0 Å². The highest BCUT2D eigenvalue weighted by Gasteiger charge is 2.35. The summed E-state index contributed by atoms with van der Waals surface area (Å²) in [5.74, 6) is 0.533. The minimum Gasteiger partial charge on any atom is -0.314 e. The molecule has 17 heavy (non-hydrogen) atoms. The van der Waals surface area contributed by atoms with Gasteiger partial charge in [-0.2, -0.15) is 13.2 Å². The molecule has 1 aliphatic carbocycles. The Kier molecular flexibility index (Phi) is 4.31. The second-order valence-electron chi connectivity index (χ2n) is 5.22. The van der Waals surface area contributed by atoms with Crippen LogP contribution in [0, 0.1) is 5.92 Å². The van der Waals surface area contributed by atoms with E-state index in [2.05, 4.69) is 10.6 Å². The van der Waals surface area contributed by atoms with Crippen LogP contribution in [-0.2, 0) is 0 Å². The van der Waals surface area contributed by atoms with E-state index in [0.29, 0.717) is 12.0 Å². The zero-order chi connectivity index (χ0) is 12.3. The van der Waals surface area contributed by atoms with E-state index in [4.69, 9.17) is 0 Å². The highest BCUT2D eigenvalue weighted by Crippen LogP contribution is 2.32. The summed E-state index contributed by atoms with van der Waals surface area (Å²) < 4.78 is 36.2. The summed E-state index contributed by atoms with van der Waals surface area (Å²) in [5, 5.41) is 6.58. The molecule has 1 saturated carbocycles. The lowest BCUT2D eigenvalue weighted by atomic mass is 9.93. The van der Waals surface area contributed by atoms with E-state index in [9.17, 15) is 13.2 Å². The first-order valence-electron chi connectivity index (χ1n) is 6.60. The Morgan fingerprint density at radius 3 is 2.59 bits per heavy atom. The first-order chi connectivity index (χ1) is 8.06. The van der Waals surface area contributed by atoms with Gasteiger partial charge in [0.15, 0.2) is 0 Å². The van der Waals surface area contributed by atoms with Crippen LogP contribution in [0.25, 0.3) is 0 Å². The molecule has 5 heteroatoms. The Morgan fingerprint density at radius 1 is 1.12 bits per heavy atom. The summed E-state index contributed by atoms with van der Waals surface area (Å²) in [7, 11) is 0. The first kappa shape index (κ1) is 13.1. The van der Waals surface area contributed by atoms with Crippen LogP contribution in [0.5, 0.6) is 0 Å². The van der Waals surface area contributed by atoms with Gasteiger partial charge < -0.3 is 10.6 Å². The lowest BCUT2D eigenvalue weighted by Gasteiger charge is -2.26. The molecule has 100 valence electrons. The SMILES string of the molecule is FC(F)(F)CCNC1CCCC1C1CCCN1. The van der Waals surface area contributed by atoms with Crippen LogP contribution in [-0.4, -0.2) is 31.3 Å². The molecule has 3 unspecified atom stereocenters. The molecule has 2 aliphatic rings. The number of alkyl halides is 3. The lowest BCUT2D eigenvalue weighted by molar-refractivity contribution is -0.133. The van der Waals surface area contributed by atoms with E-state index in [1.807, 2.05) is 0 Å². The molecule has 0 amide bonds. The molecular formula is C12H21F3N2. The summed E-state index contributed by atoms with van der Waals surface area (Å²) in [6.07, 6.45) is 0.966. The minimum atomic E-state index is -4.04. The van der Waals surface area contributed by atoms with Gasteiger partial charge >= 0.3 is 6.18 Å². The van der Waals surface area contributed by atoms with Gasteiger partial charge in [-0.15, -0.1) is 0 Å². The van der Waals surface area contributed by atoms with E-state index >= 15 is 0 Å². The molecule has 0 aromatic carbocycles. The monoisotopic (exact) mass is 250 g/mol. The van der Waals surface area contributed by atoms with Gasteiger partial charge in [-0.05, 0) is 38.1 Å². The third-order valence-electron chi connectivity index (χ3n) is 4.00. The summed E-state index contributed by atoms with van der Waals surface area (Å²) >= 11 is 0. The van der Waals surface area contributed by atoms with Crippen molar-refractivity contribution in [3.8, 4) is 0 Å². The van der Waals surface area contributed by atoms with Gasteiger partial charge in [0.25, 0.3) is 0 Å². The molecule has 0 bridgehead atoms. The molecule has 0 aromatic heterocycles. The molecule has 1 aliphatic heterocycles. The van der Waals surface area contributed by atoms with Crippen molar-refractivity contribution < 1.29 is 13.2 Å². The Morgan fingerprint density at radius 2 is 1.94 bits per heavy atom. The largest absolute Gasteiger partial charge is 0.390 e. The maximum Gasteiger partial charge on any atom is 0.390 e. The maximum atomic E-state index is 12.1. The van der Waals surface area contributed by atoms with Crippen molar-refractivity contribution in [2.24, 2.45) is 5.92 Å². The molecule has 2 nitrogen and oxygen atoms in total. The maximum absolute atomic E-state index is 12.1. The van der Waals surface area contributed by atoms with Crippen LogP contribution < -0.4 is 10.6 Å². The van der Waals surface area contributed by atoms with Gasteiger partial charge in [0.2, 0.25) is 0 Å². The number of hydrogen-bond acceptors (Lipinski definition) is 2. The summed E-state index contributed by atoms with van der Waals surface area (Å²) in [4.78, 5) is 0.